The summed E-state index contributed by atoms with van der Waals surface area (Å²) < 4.78 is 1.83. The smallest absolute Gasteiger partial charge is 0.123 e. The highest BCUT2D eigenvalue weighted by Crippen LogP contribution is 2.32. The molecule has 108 valence electrons. The lowest BCUT2D eigenvalue weighted by molar-refractivity contribution is 0.481. The van der Waals surface area contributed by atoms with Gasteiger partial charge in [0.2, 0.25) is 0 Å². The predicted molar refractivity (Wildman–Crippen MR) is 85.6 cm³/mol. The first-order chi connectivity index (χ1) is 10.1. The van der Waals surface area contributed by atoms with Gasteiger partial charge < -0.3 is 10.4 Å². The van der Waals surface area contributed by atoms with Crippen LogP contribution >= 0.6 is 0 Å². The lowest BCUT2D eigenvalue weighted by Gasteiger charge is -2.17. The Morgan fingerprint density at radius 1 is 1.14 bits per heavy atom. The molecule has 1 unspecified atom stereocenters. The van der Waals surface area contributed by atoms with E-state index in [0.29, 0.717) is 5.75 Å². The molecule has 0 radical (unpaired) electrons. The van der Waals surface area contributed by atoms with Crippen molar-refractivity contribution in [3.63, 3.8) is 0 Å². The third-order valence-electron chi connectivity index (χ3n) is 3.79. The predicted octanol–water partition coefficient (Wildman–Crippen LogP) is 3.76. The second kappa shape index (κ2) is 5.13. The Morgan fingerprint density at radius 2 is 1.86 bits per heavy atom. The third kappa shape index (κ3) is 2.44. The second-order valence-corrected chi connectivity index (χ2v) is 5.39. The first-order valence-electron chi connectivity index (χ1n) is 7.03. The number of benzene rings is 2. The fourth-order valence-corrected chi connectivity index (χ4v) is 2.77. The molecule has 2 N–H and O–H groups in total. The molecule has 4 nitrogen and oxygen atoms in total. The van der Waals surface area contributed by atoms with Gasteiger partial charge in [0.1, 0.15) is 5.75 Å². The van der Waals surface area contributed by atoms with Crippen LogP contribution in [0.1, 0.15) is 24.2 Å². The van der Waals surface area contributed by atoms with Crippen molar-refractivity contribution in [1.82, 2.24) is 9.78 Å². The van der Waals surface area contributed by atoms with Crippen LogP contribution in [-0.2, 0) is 7.05 Å². The van der Waals surface area contributed by atoms with Crippen molar-refractivity contribution in [1.29, 1.82) is 0 Å². The van der Waals surface area contributed by atoms with Crippen molar-refractivity contribution in [3.05, 3.63) is 53.9 Å². The van der Waals surface area contributed by atoms with E-state index < -0.39 is 0 Å². The number of hydrogen-bond acceptors (Lipinski definition) is 3. The number of nitrogens with zero attached hydrogens (tertiary/aromatic N) is 2. The molecule has 0 saturated heterocycles. The standard InChI is InChI=1S/C17H19N3O/c1-11(15-10-20(3)19-12(15)2)18-16-8-4-7-14-13(16)6-5-9-17(14)21/h4-11,18,21H,1-3H3. The summed E-state index contributed by atoms with van der Waals surface area (Å²) in [6, 6.07) is 11.6. The molecule has 4 heteroatoms. The number of rotatable bonds is 3. The summed E-state index contributed by atoms with van der Waals surface area (Å²) in [6.45, 7) is 4.13. The summed E-state index contributed by atoms with van der Waals surface area (Å²) in [5.41, 5.74) is 3.22. The maximum absolute atomic E-state index is 9.95. The molecule has 0 aliphatic heterocycles. The highest BCUT2D eigenvalue weighted by molar-refractivity contribution is 5.97. The highest BCUT2D eigenvalue weighted by atomic mass is 16.3. The van der Waals surface area contributed by atoms with Gasteiger partial charge >= 0.3 is 0 Å². The van der Waals surface area contributed by atoms with Gasteiger partial charge in [-0.25, -0.2) is 0 Å². The number of aromatic hydroxyl groups is 1. The lowest BCUT2D eigenvalue weighted by Crippen LogP contribution is -2.07. The Hall–Kier alpha value is -2.49. The van der Waals surface area contributed by atoms with Gasteiger partial charge in [0.25, 0.3) is 0 Å². The number of phenols is 1. The van der Waals surface area contributed by atoms with Gasteiger partial charge in [0.05, 0.1) is 11.7 Å². The Morgan fingerprint density at radius 3 is 2.57 bits per heavy atom. The molecule has 2 aromatic carbocycles. The minimum Gasteiger partial charge on any atom is -0.507 e. The molecule has 3 rings (SSSR count). The number of hydrogen-bond donors (Lipinski definition) is 2. The second-order valence-electron chi connectivity index (χ2n) is 5.39. The molecule has 0 aliphatic rings. The summed E-state index contributed by atoms with van der Waals surface area (Å²) in [4.78, 5) is 0. The van der Waals surface area contributed by atoms with Gasteiger partial charge in [-0.2, -0.15) is 5.10 Å². The maximum Gasteiger partial charge on any atom is 0.123 e. The first-order valence-corrected chi connectivity index (χ1v) is 7.03. The molecular formula is C17H19N3O. The molecule has 0 aliphatic carbocycles. The number of anilines is 1. The maximum atomic E-state index is 9.95. The molecule has 21 heavy (non-hydrogen) atoms. The van der Waals surface area contributed by atoms with E-state index in [1.807, 2.05) is 55.2 Å². The van der Waals surface area contributed by atoms with Crippen molar-refractivity contribution in [2.45, 2.75) is 19.9 Å². The quantitative estimate of drug-likeness (QED) is 0.768. The van der Waals surface area contributed by atoms with Gasteiger partial charge in [-0.05, 0) is 26.0 Å². The van der Waals surface area contributed by atoms with Crippen molar-refractivity contribution in [2.24, 2.45) is 7.05 Å². The van der Waals surface area contributed by atoms with Gasteiger partial charge in [-0.3, -0.25) is 4.68 Å². The number of aryl methyl sites for hydroxylation is 2. The fourth-order valence-electron chi connectivity index (χ4n) is 2.77. The molecule has 0 bridgehead atoms. The van der Waals surface area contributed by atoms with Crippen LogP contribution in [-0.4, -0.2) is 14.9 Å². The SMILES string of the molecule is Cc1nn(C)cc1C(C)Nc1cccc2c(O)cccc12. The van der Waals surface area contributed by atoms with Gasteiger partial charge in [0, 0.05) is 35.3 Å². The summed E-state index contributed by atoms with van der Waals surface area (Å²) in [6.07, 6.45) is 2.04. The first kappa shape index (κ1) is 13.5. The van der Waals surface area contributed by atoms with Crippen LogP contribution in [0.2, 0.25) is 0 Å². The van der Waals surface area contributed by atoms with Crippen LogP contribution in [0.25, 0.3) is 10.8 Å². The van der Waals surface area contributed by atoms with Crippen LogP contribution in [0.4, 0.5) is 5.69 Å². The third-order valence-corrected chi connectivity index (χ3v) is 3.79. The van der Waals surface area contributed by atoms with Gasteiger partial charge in [0.15, 0.2) is 0 Å². The van der Waals surface area contributed by atoms with Crippen LogP contribution in [0.15, 0.2) is 42.6 Å². The summed E-state index contributed by atoms with van der Waals surface area (Å²) in [7, 11) is 1.93. The summed E-state index contributed by atoms with van der Waals surface area (Å²) >= 11 is 0. The number of fused-ring (bicyclic) bond motifs is 1. The van der Waals surface area contributed by atoms with E-state index in [1.54, 1.807) is 6.07 Å². The van der Waals surface area contributed by atoms with Gasteiger partial charge in [-0.15, -0.1) is 0 Å². The molecule has 1 atom stereocenters. The molecule has 1 heterocycles. The minimum absolute atomic E-state index is 0.145. The van der Waals surface area contributed by atoms with E-state index in [0.717, 1.165) is 22.2 Å². The molecule has 0 spiro atoms. The van der Waals surface area contributed by atoms with E-state index >= 15 is 0 Å². The number of phenolic OH excluding ortho intramolecular Hbond substituents is 1. The molecule has 3 aromatic rings. The van der Waals surface area contributed by atoms with Crippen LogP contribution < -0.4 is 5.32 Å². The molecular weight excluding hydrogens is 262 g/mol. The summed E-state index contributed by atoms with van der Waals surface area (Å²) in [5, 5.41) is 19.7. The number of nitrogens with one attached hydrogen (secondary N) is 1. The fraction of sp³-hybridized carbons (Fsp3) is 0.235. The zero-order valence-electron chi connectivity index (χ0n) is 12.5. The average Bonchev–Trinajstić information content (AvgIpc) is 2.79. The molecule has 0 amide bonds. The van der Waals surface area contributed by atoms with Crippen LogP contribution in [0, 0.1) is 6.92 Å². The Balaban J connectivity index is 1.98. The topological polar surface area (TPSA) is 50.1 Å². The summed E-state index contributed by atoms with van der Waals surface area (Å²) in [5.74, 6) is 0.307. The van der Waals surface area contributed by atoms with E-state index in [-0.39, 0.29) is 6.04 Å². The van der Waals surface area contributed by atoms with Crippen molar-refractivity contribution in [2.75, 3.05) is 5.32 Å². The number of aromatic nitrogens is 2. The van der Waals surface area contributed by atoms with Crippen molar-refractivity contribution >= 4 is 16.5 Å². The van der Waals surface area contributed by atoms with Crippen LogP contribution in [0.5, 0.6) is 5.75 Å². The zero-order valence-corrected chi connectivity index (χ0v) is 12.5. The van der Waals surface area contributed by atoms with E-state index in [9.17, 15) is 5.11 Å². The largest absolute Gasteiger partial charge is 0.507 e. The monoisotopic (exact) mass is 281 g/mol. The van der Waals surface area contributed by atoms with Crippen molar-refractivity contribution < 1.29 is 5.11 Å². The molecule has 1 aromatic heterocycles. The van der Waals surface area contributed by atoms with E-state index in [1.165, 1.54) is 5.56 Å². The highest BCUT2D eigenvalue weighted by Gasteiger charge is 2.13. The van der Waals surface area contributed by atoms with Crippen LogP contribution in [0.3, 0.4) is 0 Å². The lowest BCUT2D eigenvalue weighted by atomic mass is 10.1. The normalized spacial score (nSPS) is 12.5. The van der Waals surface area contributed by atoms with Crippen molar-refractivity contribution in [3.8, 4) is 5.75 Å². The molecule has 0 saturated carbocycles. The Bertz CT molecular complexity index is 792. The van der Waals surface area contributed by atoms with E-state index in [4.69, 9.17) is 0 Å². The minimum atomic E-state index is 0.145. The van der Waals surface area contributed by atoms with E-state index in [2.05, 4.69) is 17.3 Å². The molecule has 0 fully saturated rings. The van der Waals surface area contributed by atoms with Gasteiger partial charge in [-0.1, -0.05) is 24.3 Å². The Kier molecular flexibility index (Phi) is 3.29. The average molecular weight is 281 g/mol. The Labute approximate surface area is 124 Å². The zero-order chi connectivity index (χ0) is 15.0.